The fourth-order valence-corrected chi connectivity index (χ4v) is 2.21. The van der Waals surface area contributed by atoms with Gasteiger partial charge in [0.15, 0.2) is 0 Å². The molecule has 7 heteroatoms. The van der Waals surface area contributed by atoms with Gasteiger partial charge in [0.1, 0.15) is 0 Å². The molecule has 0 saturated carbocycles. The van der Waals surface area contributed by atoms with E-state index in [2.05, 4.69) is 5.32 Å². The second-order valence-corrected chi connectivity index (χ2v) is 5.04. The fourth-order valence-electron chi connectivity index (χ4n) is 1.77. The molecule has 21 heavy (non-hydrogen) atoms. The molecule has 1 amide bonds. The first-order chi connectivity index (χ1) is 9.92. The molecule has 0 radical (unpaired) electrons. The molecule has 2 aromatic carbocycles. The predicted molar refractivity (Wildman–Crippen MR) is 83.8 cm³/mol. The highest BCUT2D eigenvalue weighted by Crippen LogP contribution is 2.34. The third-order valence-electron chi connectivity index (χ3n) is 2.73. The summed E-state index contributed by atoms with van der Waals surface area (Å²) in [5.74, 6) is -0.681. The van der Waals surface area contributed by atoms with Crippen LogP contribution in [-0.4, -0.2) is 5.91 Å². The number of benzene rings is 2. The van der Waals surface area contributed by atoms with Crippen molar-refractivity contribution in [2.75, 3.05) is 11.1 Å². The number of nitriles is 1. The Bertz CT molecular complexity index is 768. The molecule has 0 atom stereocenters. The monoisotopic (exact) mass is 320 g/mol. The maximum atomic E-state index is 11.5. The van der Waals surface area contributed by atoms with E-state index in [1.165, 1.54) is 12.1 Å². The number of nitrogens with one attached hydrogen (secondary N) is 1. The summed E-state index contributed by atoms with van der Waals surface area (Å²) in [6, 6.07) is 9.58. The van der Waals surface area contributed by atoms with E-state index in [9.17, 15) is 4.79 Å². The van der Waals surface area contributed by atoms with Gasteiger partial charge in [-0.05, 0) is 30.3 Å². The molecular formula is C14H10Cl2N4O. The molecule has 0 unspecified atom stereocenters. The van der Waals surface area contributed by atoms with Gasteiger partial charge in [-0.2, -0.15) is 5.26 Å². The summed E-state index contributed by atoms with van der Waals surface area (Å²) in [5.41, 5.74) is 12.6. The number of nitrogens with two attached hydrogens (primary N) is 2. The number of amides is 1. The van der Waals surface area contributed by atoms with Gasteiger partial charge in [-0.25, -0.2) is 0 Å². The number of nitrogens with zero attached hydrogens (tertiary/aromatic N) is 1. The fraction of sp³-hybridized carbons (Fsp3) is 0. The van der Waals surface area contributed by atoms with Gasteiger partial charge in [-0.1, -0.05) is 23.2 Å². The van der Waals surface area contributed by atoms with Crippen molar-refractivity contribution in [2.24, 2.45) is 5.73 Å². The Kier molecular flexibility index (Phi) is 4.22. The lowest BCUT2D eigenvalue weighted by atomic mass is 10.1. The zero-order valence-corrected chi connectivity index (χ0v) is 12.2. The van der Waals surface area contributed by atoms with Gasteiger partial charge in [0.25, 0.3) is 5.91 Å². The summed E-state index contributed by atoms with van der Waals surface area (Å²) in [6.45, 7) is 0. The maximum absolute atomic E-state index is 11.5. The van der Waals surface area contributed by atoms with Crippen LogP contribution in [0.2, 0.25) is 10.0 Å². The number of carbonyl (C=O) groups excluding carboxylic acids is 1. The van der Waals surface area contributed by atoms with Crippen LogP contribution >= 0.6 is 23.2 Å². The van der Waals surface area contributed by atoms with E-state index < -0.39 is 5.91 Å². The van der Waals surface area contributed by atoms with Crippen LogP contribution in [0.15, 0.2) is 30.3 Å². The van der Waals surface area contributed by atoms with E-state index in [1.807, 2.05) is 6.07 Å². The number of nitrogen functional groups attached to an aromatic ring is 1. The Labute approximate surface area is 131 Å². The highest BCUT2D eigenvalue weighted by molar-refractivity contribution is 6.35. The van der Waals surface area contributed by atoms with E-state index in [1.54, 1.807) is 18.2 Å². The topological polar surface area (TPSA) is 105 Å². The average molecular weight is 321 g/mol. The SMILES string of the molecule is N#Cc1ccc(Cl)c(Nc2c(Cl)cc(N)cc2C(N)=O)c1. The molecule has 0 aliphatic heterocycles. The van der Waals surface area contributed by atoms with Crippen molar-refractivity contribution < 1.29 is 4.79 Å². The minimum absolute atomic E-state index is 0.137. The third-order valence-corrected chi connectivity index (χ3v) is 3.36. The van der Waals surface area contributed by atoms with Gasteiger partial charge in [0, 0.05) is 5.69 Å². The third kappa shape index (κ3) is 3.19. The molecule has 0 fully saturated rings. The number of hydrogen-bond acceptors (Lipinski definition) is 4. The van der Waals surface area contributed by atoms with Crippen molar-refractivity contribution in [3.05, 3.63) is 51.5 Å². The molecule has 106 valence electrons. The van der Waals surface area contributed by atoms with Crippen LogP contribution in [0.3, 0.4) is 0 Å². The van der Waals surface area contributed by atoms with E-state index in [0.717, 1.165) is 0 Å². The molecule has 0 bridgehead atoms. The summed E-state index contributed by atoms with van der Waals surface area (Å²) >= 11 is 12.2. The largest absolute Gasteiger partial charge is 0.399 e. The highest BCUT2D eigenvalue weighted by atomic mass is 35.5. The number of hydrogen-bond donors (Lipinski definition) is 3. The molecule has 0 spiro atoms. The lowest BCUT2D eigenvalue weighted by molar-refractivity contribution is 0.100. The minimum Gasteiger partial charge on any atom is -0.399 e. The number of carbonyl (C=O) groups is 1. The second-order valence-electron chi connectivity index (χ2n) is 4.22. The van der Waals surface area contributed by atoms with Crippen molar-refractivity contribution in [1.82, 2.24) is 0 Å². The number of primary amides is 1. The number of halogens is 2. The summed E-state index contributed by atoms with van der Waals surface area (Å²) in [5, 5.41) is 12.4. The van der Waals surface area contributed by atoms with Crippen LogP contribution in [0.5, 0.6) is 0 Å². The molecule has 0 saturated heterocycles. The lowest BCUT2D eigenvalue weighted by Crippen LogP contribution is -2.14. The van der Waals surface area contributed by atoms with Gasteiger partial charge < -0.3 is 16.8 Å². The Balaban J connectivity index is 2.54. The summed E-state index contributed by atoms with van der Waals surface area (Å²) in [7, 11) is 0. The van der Waals surface area contributed by atoms with Gasteiger partial charge in [-0.3, -0.25) is 4.79 Å². The van der Waals surface area contributed by atoms with Crippen LogP contribution in [0.1, 0.15) is 15.9 Å². The first kappa shape index (κ1) is 15.0. The highest BCUT2D eigenvalue weighted by Gasteiger charge is 2.15. The van der Waals surface area contributed by atoms with E-state index in [0.29, 0.717) is 22.0 Å². The molecule has 5 nitrogen and oxygen atoms in total. The predicted octanol–water partition coefficient (Wildman–Crippen LogP) is 3.29. The van der Waals surface area contributed by atoms with Crippen LogP contribution in [0, 0.1) is 11.3 Å². The van der Waals surface area contributed by atoms with Crippen LogP contribution < -0.4 is 16.8 Å². The summed E-state index contributed by atoms with van der Waals surface area (Å²) in [4.78, 5) is 11.5. The van der Waals surface area contributed by atoms with Crippen molar-refractivity contribution in [3.8, 4) is 6.07 Å². The normalized spacial score (nSPS) is 9.95. The Hall–Kier alpha value is -2.42. The van der Waals surface area contributed by atoms with Crippen molar-refractivity contribution in [2.45, 2.75) is 0 Å². The Morgan fingerprint density at radius 2 is 1.90 bits per heavy atom. The van der Waals surface area contributed by atoms with Gasteiger partial charge in [0.2, 0.25) is 0 Å². The standard InChI is InChI=1S/C14H10Cl2N4O/c15-10-2-1-7(6-17)3-12(10)20-13-9(14(19)21)4-8(18)5-11(13)16/h1-5,20H,18H2,(H2,19,21). The number of anilines is 3. The van der Waals surface area contributed by atoms with E-state index in [-0.39, 0.29) is 16.3 Å². The van der Waals surface area contributed by atoms with Crippen molar-refractivity contribution in [3.63, 3.8) is 0 Å². The van der Waals surface area contributed by atoms with Crippen LogP contribution in [0.4, 0.5) is 17.1 Å². The maximum Gasteiger partial charge on any atom is 0.250 e. The first-order valence-corrected chi connectivity index (χ1v) is 6.53. The van der Waals surface area contributed by atoms with Crippen LogP contribution in [-0.2, 0) is 0 Å². The smallest absolute Gasteiger partial charge is 0.250 e. The second kappa shape index (κ2) is 5.92. The van der Waals surface area contributed by atoms with E-state index >= 15 is 0 Å². The lowest BCUT2D eigenvalue weighted by Gasteiger charge is -2.14. The molecule has 5 N–H and O–H groups in total. The quantitative estimate of drug-likeness (QED) is 0.754. The Morgan fingerprint density at radius 3 is 2.52 bits per heavy atom. The Morgan fingerprint density at radius 1 is 1.19 bits per heavy atom. The molecule has 0 aliphatic carbocycles. The van der Waals surface area contributed by atoms with Crippen molar-refractivity contribution >= 4 is 46.2 Å². The molecule has 0 aliphatic rings. The average Bonchev–Trinajstić information content (AvgIpc) is 2.43. The zero-order valence-electron chi connectivity index (χ0n) is 10.7. The van der Waals surface area contributed by atoms with Crippen molar-refractivity contribution in [1.29, 1.82) is 5.26 Å². The summed E-state index contributed by atoms with van der Waals surface area (Å²) < 4.78 is 0. The molecule has 0 heterocycles. The number of rotatable bonds is 3. The summed E-state index contributed by atoms with van der Waals surface area (Å²) in [6.07, 6.45) is 0. The zero-order chi connectivity index (χ0) is 15.6. The molecular weight excluding hydrogens is 311 g/mol. The first-order valence-electron chi connectivity index (χ1n) is 5.78. The molecule has 0 aromatic heterocycles. The molecule has 2 aromatic rings. The van der Waals surface area contributed by atoms with Gasteiger partial charge >= 0.3 is 0 Å². The van der Waals surface area contributed by atoms with Crippen LogP contribution in [0.25, 0.3) is 0 Å². The van der Waals surface area contributed by atoms with Gasteiger partial charge in [-0.15, -0.1) is 0 Å². The minimum atomic E-state index is -0.681. The molecule has 2 rings (SSSR count). The van der Waals surface area contributed by atoms with Gasteiger partial charge in [0.05, 0.1) is 38.6 Å². The van der Waals surface area contributed by atoms with E-state index in [4.69, 9.17) is 39.9 Å².